The van der Waals surface area contributed by atoms with E-state index in [0.29, 0.717) is 25.7 Å². The van der Waals surface area contributed by atoms with Crippen molar-refractivity contribution in [1.82, 2.24) is 14.9 Å². The minimum Gasteiger partial charge on any atom is -0.450 e. The first-order valence-electron chi connectivity index (χ1n) is 8.85. The maximum absolute atomic E-state index is 11.7. The lowest BCUT2D eigenvalue weighted by Gasteiger charge is -2.32. The minimum absolute atomic E-state index is 0.210. The fourth-order valence-corrected chi connectivity index (χ4v) is 2.77. The van der Waals surface area contributed by atoms with Crippen molar-refractivity contribution in [3.05, 3.63) is 12.4 Å². The molecule has 1 amide bonds. The highest BCUT2D eigenvalue weighted by Gasteiger charge is 2.23. The van der Waals surface area contributed by atoms with Gasteiger partial charge >= 0.3 is 6.09 Å². The Labute approximate surface area is 144 Å². The lowest BCUT2D eigenvalue weighted by atomic mass is 10.1. The molecule has 1 aliphatic heterocycles. The number of aromatic nitrogens is 2. The van der Waals surface area contributed by atoms with E-state index in [9.17, 15) is 4.79 Å². The molecule has 1 aromatic rings. The molecule has 0 aromatic carbocycles. The number of carbonyl (C=O) groups is 1. The zero-order valence-electron chi connectivity index (χ0n) is 15.0. The van der Waals surface area contributed by atoms with E-state index in [4.69, 9.17) is 4.74 Å². The van der Waals surface area contributed by atoms with Gasteiger partial charge in [0.15, 0.2) is 0 Å². The number of ether oxygens (including phenoxy) is 1. The Kier molecular flexibility index (Phi) is 7.08. The summed E-state index contributed by atoms with van der Waals surface area (Å²) in [6.45, 7) is 6.85. The van der Waals surface area contributed by atoms with E-state index in [1.807, 2.05) is 13.0 Å². The second-order valence-corrected chi connectivity index (χ2v) is 6.14. The molecule has 0 bridgehead atoms. The summed E-state index contributed by atoms with van der Waals surface area (Å²) < 4.78 is 5.05. The van der Waals surface area contributed by atoms with Crippen LogP contribution in [-0.4, -0.2) is 60.3 Å². The maximum Gasteiger partial charge on any atom is 0.409 e. The molecular formula is C17H29N5O2. The Morgan fingerprint density at radius 2 is 2.12 bits per heavy atom. The van der Waals surface area contributed by atoms with Crippen LogP contribution in [0.1, 0.15) is 39.5 Å². The van der Waals surface area contributed by atoms with Crippen molar-refractivity contribution < 1.29 is 9.53 Å². The lowest BCUT2D eigenvalue weighted by Crippen LogP contribution is -2.42. The third kappa shape index (κ3) is 5.25. The van der Waals surface area contributed by atoms with Gasteiger partial charge in [0.1, 0.15) is 18.0 Å². The van der Waals surface area contributed by atoms with Crippen molar-refractivity contribution in [2.45, 2.75) is 45.6 Å². The van der Waals surface area contributed by atoms with Gasteiger partial charge in [0.05, 0.1) is 6.61 Å². The molecule has 0 spiro atoms. The SMILES string of the molecule is CCCCN(C)c1cc(NC2CCN(C(=O)OCC)CC2)ncn1. The number of piperidine rings is 1. The highest BCUT2D eigenvalue weighted by molar-refractivity contribution is 5.67. The standard InChI is InChI=1S/C17H29N5O2/c1-4-6-9-21(3)16-12-15(18-13-19-16)20-14-7-10-22(11-8-14)17(23)24-5-2/h12-14H,4-11H2,1-3H3,(H,18,19,20). The molecule has 7 nitrogen and oxygen atoms in total. The molecule has 24 heavy (non-hydrogen) atoms. The average molecular weight is 335 g/mol. The third-order valence-electron chi connectivity index (χ3n) is 4.26. The van der Waals surface area contributed by atoms with Crippen molar-refractivity contribution in [1.29, 1.82) is 0 Å². The molecule has 2 heterocycles. The number of amides is 1. The van der Waals surface area contributed by atoms with Crippen LogP contribution < -0.4 is 10.2 Å². The smallest absolute Gasteiger partial charge is 0.409 e. The Bertz CT molecular complexity index is 517. The summed E-state index contributed by atoms with van der Waals surface area (Å²) in [5.41, 5.74) is 0. The van der Waals surface area contributed by atoms with Crippen molar-refractivity contribution in [2.75, 3.05) is 43.5 Å². The van der Waals surface area contributed by atoms with E-state index in [2.05, 4.69) is 34.2 Å². The van der Waals surface area contributed by atoms with E-state index >= 15 is 0 Å². The number of unbranched alkanes of at least 4 members (excludes halogenated alkanes) is 1. The highest BCUT2D eigenvalue weighted by atomic mass is 16.6. The molecular weight excluding hydrogens is 306 g/mol. The van der Waals surface area contributed by atoms with Crippen LogP contribution in [0.4, 0.5) is 16.4 Å². The first kappa shape index (κ1) is 18.3. The number of likely N-dealkylation sites (tertiary alicyclic amines) is 1. The van der Waals surface area contributed by atoms with Gasteiger partial charge in [-0.3, -0.25) is 0 Å². The average Bonchev–Trinajstić information content (AvgIpc) is 2.60. The summed E-state index contributed by atoms with van der Waals surface area (Å²) in [5.74, 6) is 1.78. The Balaban J connectivity index is 1.85. The monoisotopic (exact) mass is 335 g/mol. The summed E-state index contributed by atoms with van der Waals surface area (Å²) in [5, 5.41) is 3.47. The Hall–Kier alpha value is -2.05. The number of hydrogen-bond donors (Lipinski definition) is 1. The summed E-state index contributed by atoms with van der Waals surface area (Å²) >= 11 is 0. The van der Waals surface area contributed by atoms with Gasteiger partial charge in [0, 0.05) is 38.8 Å². The van der Waals surface area contributed by atoms with Crippen LogP contribution in [0, 0.1) is 0 Å². The van der Waals surface area contributed by atoms with E-state index < -0.39 is 0 Å². The molecule has 1 aromatic heterocycles. The van der Waals surface area contributed by atoms with Gasteiger partial charge in [-0.15, -0.1) is 0 Å². The normalized spacial score (nSPS) is 15.2. The van der Waals surface area contributed by atoms with Crippen LogP contribution in [0.15, 0.2) is 12.4 Å². The fourth-order valence-electron chi connectivity index (χ4n) is 2.77. The first-order chi connectivity index (χ1) is 11.6. The van der Waals surface area contributed by atoms with Crippen molar-refractivity contribution in [3.63, 3.8) is 0 Å². The van der Waals surface area contributed by atoms with E-state index in [0.717, 1.165) is 37.4 Å². The van der Waals surface area contributed by atoms with Crippen LogP contribution in [0.2, 0.25) is 0 Å². The summed E-state index contributed by atoms with van der Waals surface area (Å²) in [6.07, 6.45) is 5.49. The molecule has 1 N–H and O–H groups in total. The predicted octanol–water partition coefficient (Wildman–Crippen LogP) is 2.75. The number of anilines is 2. The summed E-state index contributed by atoms with van der Waals surface area (Å²) in [7, 11) is 2.06. The molecule has 7 heteroatoms. The molecule has 0 radical (unpaired) electrons. The summed E-state index contributed by atoms with van der Waals surface area (Å²) in [6, 6.07) is 2.31. The third-order valence-corrected chi connectivity index (χ3v) is 4.26. The zero-order valence-corrected chi connectivity index (χ0v) is 15.0. The molecule has 0 aliphatic carbocycles. The van der Waals surface area contributed by atoms with Gasteiger partial charge in [-0.05, 0) is 26.2 Å². The summed E-state index contributed by atoms with van der Waals surface area (Å²) in [4.78, 5) is 24.3. The quantitative estimate of drug-likeness (QED) is 0.826. The van der Waals surface area contributed by atoms with Crippen molar-refractivity contribution in [3.8, 4) is 0 Å². The second-order valence-electron chi connectivity index (χ2n) is 6.14. The van der Waals surface area contributed by atoms with Gasteiger partial charge in [-0.25, -0.2) is 14.8 Å². The van der Waals surface area contributed by atoms with E-state index in [-0.39, 0.29) is 6.09 Å². The molecule has 134 valence electrons. The van der Waals surface area contributed by atoms with Crippen LogP contribution in [0.3, 0.4) is 0 Å². The van der Waals surface area contributed by atoms with Gasteiger partial charge in [-0.1, -0.05) is 13.3 Å². The van der Waals surface area contributed by atoms with Crippen LogP contribution in [0.25, 0.3) is 0 Å². The molecule has 1 aliphatic rings. The van der Waals surface area contributed by atoms with Crippen LogP contribution in [0.5, 0.6) is 0 Å². The second kappa shape index (κ2) is 9.30. The van der Waals surface area contributed by atoms with Crippen molar-refractivity contribution >= 4 is 17.7 Å². The van der Waals surface area contributed by atoms with Crippen LogP contribution in [-0.2, 0) is 4.74 Å². The molecule has 0 atom stereocenters. The number of hydrogen-bond acceptors (Lipinski definition) is 6. The number of rotatable bonds is 7. The number of nitrogens with zero attached hydrogens (tertiary/aromatic N) is 4. The lowest BCUT2D eigenvalue weighted by molar-refractivity contribution is 0.0983. The molecule has 2 rings (SSSR count). The van der Waals surface area contributed by atoms with Crippen molar-refractivity contribution in [2.24, 2.45) is 0 Å². The molecule has 1 saturated heterocycles. The highest BCUT2D eigenvalue weighted by Crippen LogP contribution is 2.18. The zero-order chi connectivity index (χ0) is 17.4. The van der Waals surface area contributed by atoms with Crippen LogP contribution >= 0.6 is 0 Å². The van der Waals surface area contributed by atoms with Gasteiger partial charge in [0.25, 0.3) is 0 Å². The van der Waals surface area contributed by atoms with E-state index in [1.165, 1.54) is 6.42 Å². The van der Waals surface area contributed by atoms with Gasteiger partial charge in [0.2, 0.25) is 0 Å². The molecule has 0 unspecified atom stereocenters. The minimum atomic E-state index is -0.210. The maximum atomic E-state index is 11.7. The molecule has 1 fully saturated rings. The number of nitrogens with one attached hydrogen (secondary N) is 1. The Morgan fingerprint density at radius 1 is 1.38 bits per heavy atom. The van der Waals surface area contributed by atoms with Gasteiger partial charge < -0.3 is 19.9 Å². The largest absolute Gasteiger partial charge is 0.450 e. The molecule has 0 saturated carbocycles. The number of carbonyl (C=O) groups excluding carboxylic acids is 1. The van der Waals surface area contributed by atoms with Gasteiger partial charge in [-0.2, -0.15) is 0 Å². The predicted molar refractivity (Wildman–Crippen MR) is 95.4 cm³/mol. The first-order valence-corrected chi connectivity index (χ1v) is 8.85. The fraction of sp³-hybridized carbons (Fsp3) is 0.706. The topological polar surface area (TPSA) is 70.6 Å². The van der Waals surface area contributed by atoms with E-state index in [1.54, 1.807) is 11.2 Å². The Morgan fingerprint density at radius 3 is 2.79 bits per heavy atom.